The Morgan fingerprint density at radius 1 is 1.08 bits per heavy atom. The van der Waals surface area contributed by atoms with Gasteiger partial charge in [-0.25, -0.2) is 4.79 Å². The van der Waals surface area contributed by atoms with Gasteiger partial charge in [0.15, 0.2) is 0 Å². The fourth-order valence-electron chi connectivity index (χ4n) is 3.82. The molecule has 1 N–H and O–H groups in total. The number of hydrogen-bond donors (Lipinski definition) is 1. The van der Waals surface area contributed by atoms with E-state index in [1.165, 1.54) is 4.90 Å². The molecule has 1 saturated heterocycles. The lowest BCUT2D eigenvalue weighted by Gasteiger charge is -2.29. The Hall–Kier alpha value is -3.26. The normalized spacial score (nSPS) is 17.4. The van der Waals surface area contributed by atoms with Crippen molar-refractivity contribution in [1.82, 2.24) is 10.2 Å². The van der Waals surface area contributed by atoms with Crippen LogP contribution in [0.5, 0.6) is 0 Å². The molecule has 0 bridgehead atoms. The molecule has 0 spiro atoms. The van der Waals surface area contributed by atoms with Gasteiger partial charge < -0.3 is 23.8 Å². The van der Waals surface area contributed by atoms with Crippen LogP contribution >= 0.6 is 0 Å². The summed E-state index contributed by atoms with van der Waals surface area (Å²) in [5.74, 6) is 4.58. The molecule has 1 aromatic rings. The highest BCUT2D eigenvalue weighted by molar-refractivity contribution is 6.05. The maximum atomic E-state index is 12.8. The third kappa shape index (κ3) is 7.88. The molecular weight excluding hydrogens is 468 g/mol. The van der Waals surface area contributed by atoms with Crippen molar-refractivity contribution in [2.24, 2.45) is 0 Å². The highest BCUT2D eigenvalue weighted by Crippen LogP contribution is 2.29. The first-order valence-corrected chi connectivity index (χ1v) is 11.9. The minimum atomic E-state index is -0.658. The van der Waals surface area contributed by atoms with E-state index in [1.807, 2.05) is 6.07 Å². The molecule has 0 saturated carbocycles. The van der Waals surface area contributed by atoms with Crippen molar-refractivity contribution in [3.63, 3.8) is 0 Å². The Kier molecular flexibility index (Phi) is 9.58. The lowest BCUT2D eigenvalue weighted by molar-refractivity contribution is -0.160. The van der Waals surface area contributed by atoms with E-state index in [9.17, 15) is 19.2 Å². The number of carbonyl (C=O) groups is 4. The van der Waals surface area contributed by atoms with E-state index in [0.29, 0.717) is 37.4 Å². The van der Waals surface area contributed by atoms with Crippen LogP contribution in [0.3, 0.4) is 0 Å². The smallest absolute Gasteiger partial charge is 0.332 e. The van der Waals surface area contributed by atoms with E-state index in [2.05, 4.69) is 17.2 Å². The van der Waals surface area contributed by atoms with Gasteiger partial charge in [0.1, 0.15) is 24.9 Å². The minimum Gasteiger partial charge on any atom is -0.458 e. The fraction of sp³-hybridized carbons (Fsp3) is 0.538. The third-order valence-electron chi connectivity index (χ3n) is 5.36. The van der Waals surface area contributed by atoms with Crippen molar-refractivity contribution < 1.29 is 38.1 Å². The van der Waals surface area contributed by atoms with Crippen LogP contribution in [0.1, 0.15) is 55.1 Å². The molecule has 2 aliphatic rings. The molecule has 1 atom stereocenters. The Labute approximate surface area is 210 Å². The van der Waals surface area contributed by atoms with Crippen LogP contribution < -0.4 is 5.32 Å². The number of amides is 3. The van der Waals surface area contributed by atoms with Gasteiger partial charge in [-0.15, -0.1) is 0 Å². The lowest BCUT2D eigenvalue weighted by atomic mass is 10.0. The SMILES string of the molecule is CC(C)(C)OC(=O)COCCOCCOCC#Cc1cccc2c1CN(C1CCC(=O)NC1=O)C2=O. The molecule has 10 nitrogen and oxygen atoms in total. The molecule has 0 aliphatic carbocycles. The van der Waals surface area contributed by atoms with E-state index >= 15 is 0 Å². The Morgan fingerprint density at radius 3 is 2.53 bits per heavy atom. The van der Waals surface area contributed by atoms with Crippen LogP contribution in [-0.4, -0.2) is 79.9 Å². The molecule has 194 valence electrons. The molecule has 36 heavy (non-hydrogen) atoms. The van der Waals surface area contributed by atoms with Crippen LogP contribution in [0, 0.1) is 11.8 Å². The minimum absolute atomic E-state index is 0.118. The van der Waals surface area contributed by atoms with Gasteiger partial charge in [0.05, 0.1) is 26.4 Å². The first kappa shape index (κ1) is 27.3. The predicted octanol–water partition coefficient (Wildman–Crippen LogP) is 1.19. The standard InChI is InChI=1S/C26H32N2O8/c1-26(2,3)36-23(30)17-35-15-14-34-13-12-33-11-5-7-18-6-4-8-19-20(18)16-28(25(19)32)21-9-10-22(29)27-24(21)31/h4,6,8,21H,9-17H2,1-3H3,(H,27,29,31). The average molecular weight is 501 g/mol. The van der Waals surface area contributed by atoms with Crippen LogP contribution in [0.4, 0.5) is 0 Å². The van der Waals surface area contributed by atoms with Crippen LogP contribution in [-0.2, 0) is 39.9 Å². The van der Waals surface area contributed by atoms with E-state index in [4.69, 9.17) is 18.9 Å². The predicted molar refractivity (Wildman–Crippen MR) is 128 cm³/mol. The molecular formula is C26H32N2O8. The number of rotatable bonds is 10. The third-order valence-corrected chi connectivity index (χ3v) is 5.36. The Bertz CT molecular complexity index is 1050. The summed E-state index contributed by atoms with van der Waals surface area (Å²) in [6.07, 6.45) is 0.528. The second-order valence-corrected chi connectivity index (χ2v) is 9.34. The van der Waals surface area contributed by atoms with Crippen molar-refractivity contribution >= 4 is 23.7 Å². The number of piperidine rings is 1. The first-order chi connectivity index (χ1) is 17.2. The summed E-state index contributed by atoms with van der Waals surface area (Å²) in [5.41, 5.74) is 1.47. The fourth-order valence-corrected chi connectivity index (χ4v) is 3.82. The number of nitrogens with one attached hydrogen (secondary N) is 1. The van der Waals surface area contributed by atoms with Crippen molar-refractivity contribution in [1.29, 1.82) is 0 Å². The number of imide groups is 1. The van der Waals surface area contributed by atoms with E-state index < -0.39 is 23.5 Å². The number of ether oxygens (including phenoxy) is 4. The van der Waals surface area contributed by atoms with Gasteiger partial charge in [-0.2, -0.15) is 0 Å². The van der Waals surface area contributed by atoms with E-state index in [0.717, 1.165) is 5.56 Å². The lowest BCUT2D eigenvalue weighted by Crippen LogP contribution is -2.52. The number of fused-ring (bicyclic) bond motifs is 1. The summed E-state index contributed by atoms with van der Waals surface area (Å²) < 4.78 is 21.2. The van der Waals surface area contributed by atoms with Crippen LogP contribution in [0.25, 0.3) is 0 Å². The van der Waals surface area contributed by atoms with Gasteiger partial charge in [-0.05, 0) is 44.9 Å². The molecule has 3 amide bonds. The number of carbonyl (C=O) groups excluding carboxylic acids is 4. The van der Waals surface area contributed by atoms with Gasteiger partial charge in [-0.1, -0.05) is 17.9 Å². The van der Waals surface area contributed by atoms with E-state index in [1.54, 1.807) is 32.9 Å². The summed E-state index contributed by atoms with van der Waals surface area (Å²) >= 11 is 0. The van der Waals surface area contributed by atoms with Crippen LogP contribution in [0.2, 0.25) is 0 Å². The highest BCUT2D eigenvalue weighted by Gasteiger charge is 2.39. The van der Waals surface area contributed by atoms with Gasteiger partial charge in [0.25, 0.3) is 5.91 Å². The molecule has 1 aromatic carbocycles. The maximum Gasteiger partial charge on any atom is 0.332 e. The number of hydrogen-bond acceptors (Lipinski definition) is 8. The second kappa shape index (κ2) is 12.6. The highest BCUT2D eigenvalue weighted by atomic mass is 16.6. The quantitative estimate of drug-likeness (QED) is 0.220. The van der Waals surface area contributed by atoms with Gasteiger partial charge in [0, 0.05) is 24.1 Å². The molecule has 1 unspecified atom stereocenters. The zero-order chi connectivity index (χ0) is 26.1. The summed E-state index contributed by atoms with van der Waals surface area (Å²) in [7, 11) is 0. The number of benzene rings is 1. The largest absolute Gasteiger partial charge is 0.458 e. The van der Waals surface area contributed by atoms with Crippen molar-refractivity contribution in [2.45, 2.75) is 51.8 Å². The van der Waals surface area contributed by atoms with Gasteiger partial charge in [-0.3, -0.25) is 19.7 Å². The average Bonchev–Trinajstić information content (AvgIpc) is 3.13. The molecule has 0 aromatic heterocycles. The zero-order valence-electron chi connectivity index (χ0n) is 20.9. The maximum absolute atomic E-state index is 12.8. The van der Waals surface area contributed by atoms with Gasteiger partial charge >= 0.3 is 5.97 Å². The summed E-state index contributed by atoms with van der Waals surface area (Å²) in [4.78, 5) is 49.5. The molecule has 2 aliphatic heterocycles. The van der Waals surface area contributed by atoms with Crippen molar-refractivity contribution in [2.75, 3.05) is 39.6 Å². The van der Waals surface area contributed by atoms with Crippen molar-refractivity contribution in [3.05, 3.63) is 34.9 Å². The molecule has 1 fully saturated rings. The topological polar surface area (TPSA) is 120 Å². The summed E-state index contributed by atoms with van der Waals surface area (Å²) in [5, 5.41) is 2.30. The van der Waals surface area contributed by atoms with Crippen LogP contribution in [0.15, 0.2) is 18.2 Å². The Morgan fingerprint density at radius 2 is 1.81 bits per heavy atom. The number of esters is 1. The summed E-state index contributed by atoms with van der Waals surface area (Å²) in [6.45, 7) is 7.02. The second-order valence-electron chi connectivity index (χ2n) is 9.34. The number of nitrogens with zero attached hydrogens (tertiary/aromatic N) is 1. The molecule has 0 radical (unpaired) electrons. The summed E-state index contributed by atoms with van der Waals surface area (Å²) in [6, 6.07) is 4.65. The van der Waals surface area contributed by atoms with Crippen molar-refractivity contribution in [3.8, 4) is 11.8 Å². The monoisotopic (exact) mass is 500 g/mol. The molecule has 2 heterocycles. The zero-order valence-corrected chi connectivity index (χ0v) is 20.9. The molecule has 3 rings (SSSR count). The van der Waals surface area contributed by atoms with E-state index in [-0.39, 0.29) is 44.6 Å². The van der Waals surface area contributed by atoms with Gasteiger partial charge in [0.2, 0.25) is 11.8 Å². The molecule has 10 heteroatoms. The Balaban J connectivity index is 1.35. The first-order valence-electron chi connectivity index (χ1n) is 11.9.